The van der Waals surface area contributed by atoms with Crippen molar-refractivity contribution in [2.24, 2.45) is 23.7 Å². The van der Waals surface area contributed by atoms with Gasteiger partial charge >= 0.3 is 12.0 Å². The Hall–Kier alpha value is -1.26. The van der Waals surface area contributed by atoms with Crippen molar-refractivity contribution in [2.45, 2.75) is 59.4 Å². The number of carbonyl (C=O) groups is 2. The van der Waals surface area contributed by atoms with E-state index in [1.54, 1.807) is 0 Å². The Morgan fingerprint density at radius 3 is 2.38 bits per heavy atom. The van der Waals surface area contributed by atoms with Crippen LogP contribution in [0.1, 0.15) is 53.4 Å². The summed E-state index contributed by atoms with van der Waals surface area (Å²) in [7, 11) is 0. The van der Waals surface area contributed by atoms with Gasteiger partial charge in [-0.2, -0.15) is 0 Å². The van der Waals surface area contributed by atoms with Gasteiger partial charge in [0.1, 0.15) is 0 Å². The van der Waals surface area contributed by atoms with Gasteiger partial charge in [0.15, 0.2) is 0 Å². The molecule has 122 valence electrons. The molecule has 1 saturated carbocycles. The highest BCUT2D eigenvalue weighted by Crippen LogP contribution is 2.29. The standard InChI is InChI=1S/C16H30N2O3/c1-10(2)7-13(15(19)20)9-17-16(21)18-14-6-5-11(3)12(4)8-14/h10-14H,5-9H2,1-4H3,(H,19,20)(H2,17,18,21). The lowest BCUT2D eigenvalue weighted by Crippen LogP contribution is -2.46. The monoisotopic (exact) mass is 298 g/mol. The van der Waals surface area contributed by atoms with Gasteiger partial charge < -0.3 is 15.7 Å². The SMILES string of the molecule is CC(C)CC(CNC(=O)NC1CCC(C)C(C)C1)C(=O)O. The molecule has 1 rings (SSSR count). The smallest absolute Gasteiger partial charge is 0.315 e. The molecule has 5 nitrogen and oxygen atoms in total. The van der Waals surface area contributed by atoms with E-state index < -0.39 is 11.9 Å². The first kappa shape index (κ1) is 17.8. The van der Waals surface area contributed by atoms with Crippen molar-refractivity contribution in [1.29, 1.82) is 0 Å². The Labute approximate surface area is 127 Å². The molecule has 4 unspecified atom stereocenters. The average molecular weight is 298 g/mol. The number of nitrogens with one attached hydrogen (secondary N) is 2. The zero-order valence-electron chi connectivity index (χ0n) is 13.7. The lowest BCUT2D eigenvalue weighted by atomic mass is 9.79. The molecular weight excluding hydrogens is 268 g/mol. The van der Waals surface area contributed by atoms with E-state index in [1.165, 1.54) is 0 Å². The van der Waals surface area contributed by atoms with Crippen LogP contribution in [0.15, 0.2) is 0 Å². The zero-order chi connectivity index (χ0) is 16.0. The highest BCUT2D eigenvalue weighted by Gasteiger charge is 2.26. The third-order valence-corrected chi connectivity index (χ3v) is 4.55. The molecular formula is C16H30N2O3. The fraction of sp³-hybridized carbons (Fsp3) is 0.875. The van der Waals surface area contributed by atoms with Gasteiger partial charge in [-0.1, -0.05) is 27.7 Å². The highest BCUT2D eigenvalue weighted by molar-refractivity contribution is 5.76. The Kier molecular flexibility index (Phi) is 6.99. The van der Waals surface area contributed by atoms with Crippen molar-refractivity contribution in [3.8, 4) is 0 Å². The predicted molar refractivity (Wildman–Crippen MR) is 83.1 cm³/mol. The molecule has 3 N–H and O–H groups in total. The van der Waals surface area contributed by atoms with Crippen molar-refractivity contribution < 1.29 is 14.7 Å². The van der Waals surface area contributed by atoms with E-state index in [-0.39, 0.29) is 18.6 Å². The van der Waals surface area contributed by atoms with Gasteiger partial charge in [-0.25, -0.2) is 4.79 Å². The van der Waals surface area contributed by atoms with Gasteiger partial charge in [0.05, 0.1) is 5.92 Å². The molecule has 21 heavy (non-hydrogen) atoms. The van der Waals surface area contributed by atoms with Gasteiger partial charge in [0, 0.05) is 12.6 Å². The molecule has 0 aliphatic heterocycles. The molecule has 4 atom stereocenters. The van der Waals surface area contributed by atoms with E-state index in [4.69, 9.17) is 5.11 Å². The molecule has 0 aromatic rings. The second-order valence-electron chi connectivity index (χ2n) is 6.98. The molecule has 1 aliphatic carbocycles. The second-order valence-corrected chi connectivity index (χ2v) is 6.98. The van der Waals surface area contributed by atoms with Crippen molar-refractivity contribution in [2.75, 3.05) is 6.54 Å². The van der Waals surface area contributed by atoms with Gasteiger partial charge in [-0.3, -0.25) is 4.79 Å². The summed E-state index contributed by atoms with van der Waals surface area (Å²) in [6.07, 6.45) is 3.72. The van der Waals surface area contributed by atoms with E-state index in [9.17, 15) is 9.59 Å². The summed E-state index contributed by atoms with van der Waals surface area (Å²) in [6, 6.07) is -0.0265. The summed E-state index contributed by atoms with van der Waals surface area (Å²) in [5.74, 6) is 0.284. The van der Waals surface area contributed by atoms with Crippen LogP contribution < -0.4 is 10.6 Å². The molecule has 0 spiro atoms. The summed E-state index contributed by atoms with van der Waals surface area (Å²) in [4.78, 5) is 23.0. The lowest BCUT2D eigenvalue weighted by Gasteiger charge is -2.32. The van der Waals surface area contributed by atoms with Gasteiger partial charge in [-0.15, -0.1) is 0 Å². The minimum absolute atomic E-state index is 0.192. The first-order valence-corrected chi connectivity index (χ1v) is 8.06. The maximum atomic E-state index is 11.9. The Balaban J connectivity index is 2.34. The molecule has 0 saturated heterocycles. The highest BCUT2D eigenvalue weighted by atomic mass is 16.4. The van der Waals surface area contributed by atoms with Crippen LogP contribution in [0.25, 0.3) is 0 Å². The molecule has 1 fully saturated rings. The number of amides is 2. The van der Waals surface area contributed by atoms with Crippen molar-refractivity contribution in [3.63, 3.8) is 0 Å². The summed E-state index contributed by atoms with van der Waals surface area (Å²) < 4.78 is 0. The number of carbonyl (C=O) groups excluding carboxylic acids is 1. The van der Waals surface area contributed by atoms with Crippen LogP contribution in [0.5, 0.6) is 0 Å². The molecule has 2 amide bonds. The summed E-state index contributed by atoms with van der Waals surface area (Å²) in [6.45, 7) is 8.64. The van der Waals surface area contributed by atoms with Gasteiger partial charge in [0.2, 0.25) is 0 Å². The first-order valence-electron chi connectivity index (χ1n) is 8.06. The zero-order valence-corrected chi connectivity index (χ0v) is 13.7. The van der Waals surface area contributed by atoms with E-state index in [0.29, 0.717) is 24.2 Å². The molecule has 0 bridgehead atoms. The number of carboxylic acids is 1. The van der Waals surface area contributed by atoms with E-state index in [2.05, 4.69) is 24.5 Å². The van der Waals surface area contributed by atoms with Crippen LogP contribution in [0.3, 0.4) is 0 Å². The van der Waals surface area contributed by atoms with E-state index in [1.807, 2.05) is 13.8 Å². The topological polar surface area (TPSA) is 78.4 Å². The van der Waals surface area contributed by atoms with Crippen molar-refractivity contribution in [1.82, 2.24) is 10.6 Å². The number of hydrogen-bond acceptors (Lipinski definition) is 2. The molecule has 0 aromatic carbocycles. The van der Waals surface area contributed by atoms with E-state index >= 15 is 0 Å². The van der Waals surface area contributed by atoms with Crippen LogP contribution in [-0.2, 0) is 4.79 Å². The second kappa shape index (κ2) is 8.25. The van der Waals surface area contributed by atoms with Crippen molar-refractivity contribution >= 4 is 12.0 Å². The molecule has 0 aromatic heterocycles. The predicted octanol–water partition coefficient (Wildman–Crippen LogP) is 2.86. The number of rotatable bonds is 6. The summed E-state index contributed by atoms with van der Waals surface area (Å²) in [5.41, 5.74) is 0. The molecule has 0 radical (unpaired) electrons. The first-order chi connectivity index (χ1) is 9.79. The fourth-order valence-corrected chi connectivity index (χ4v) is 2.97. The minimum Gasteiger partial charge on any atom is -0.481 e. The van der Waals surface area contributed by atoms with Crippen LogP contribution >= 0.6 is 0 Å². The van der Waals surface area contributed by atoms with Crippen LogP contribution in [0.4, 0.5) is 4.79 Å². The van der Waals surface area contributed by atoms with Crippen LogP contribution in [0, 0.1) is 23.7 Å². The molecule has 0 heterocycles. The Morgan fingerprint density at radius 1 is 1.19 bits per heavy atom. The fourth-order valence-electron chi connectivity index (χ4n) is 2.97. The number of urea groups is 1. The average Bonchev–Trinajstić information content (AvgIpc) is 2.38. The Bertz CT molecular complexity index is 357. The van der Waals surface area contributed by atoms with Crippen LogP contribution in [0.2, 0.25) is 0 Å². The Morgan fingerprint density at radius 2 is 1.86 bits per heavy atom. The number of hydrogen-bond donors (Lipinski definition) is 3. The molecule has 5 heteroatoms. The number of carboxylic acid groups (broad SMARTS) is 1. The molecule has 1 aliphatic rings. The maximum Gasteiger partial charge on any atom is 0.315 e. The maximum absolute atomic E-state index is 11.9. The number of aliphatic carboxylic acids is 1. The summed E-state index contributed by atoms with van der Waals surface area (Å²) >= 11 is 0. The third-order valence-electron chi connectivity index (χ3n) is 4.55. The normalized spacial score (nSPS) is 27.2. The quantitative estimate of drug-likeness (QED) is 0.705. The van der Waals surface area contributed by atoms with E-state index in [0.717, 1.165) is 19.3 Å². The lowest BCUT2D eigenvalue weighted by molar-refractivity contribution is -0.142. The summed E-state index contributed by atoms with van der Waals surface area (Å²) in [5, 5.41) is 14.8. The van der Waals surface area contributed by atoms with Gasteiger partial charge in [0.25, 0.3) is 0 Å². The van der Waals surface area contributed by atoms with Crippen LogP contribution in [-0.4, -0.2) is 29.7 Å². The third kappa shape index (κ3) is 6.36. The largest absolute Gasteiger partial charge is 0.481 e. The van der Waals surface area contributed by atoms with Crippen molar-refractivity contribution in [3.05, 3.63) is 0 Å². The van der Waals surface area contributed by atoms with Gasteiger partial charge in [-0.05, 0) is 43.4 Å². The minimum atomic E-state index is -0.843.